The Bertz CT molecular complexity index is 806. The predicted octanol–water partition coefficient (Wildman–Crippen LogP) is 2.10. The Hall–Kier alpha value is -2.47. The molecule has 0 radical (unpaired) electrons. The summed E-state index contributed by atoms with van der Waals surface area (Å²) in [6, 6.07) is 3.92. The lowest BCUT2D eigenvalue weighted by atomic mass is 9.90. The van der Waals surface area contributed by atoms with E-state index in [4.69, 9.17) is 10.3 Å². The first-order chi connectivity index (χ1) is 11.7. The highest BCUT2D eigenvalue weighted by Gasteiger charge is 2.32. The molecule has 2 atom stereocenters. The first-order valence-corrected chi connectivity index (χ1v) is 8.72. The topological polar surface area (TPSA) is 123 Å². The fourth-order valence-corrected chi connectivity index (χ4v) is 2.80. The summed E-state index contributed by atoms with van der Waals surface area (Å²) < 4.78 is 6.59. The zero-order chi connectivity index (χ0) is 18.8. The van der Waals surface area contributed by atoms with Crippen LogP contribution in [0.1, 0.15) is 33.5 Å². The number of carbonyl (C=O) groups excluding carboxylic acids is 1. The second-order valence-corrected chi connectivity index (χ2v) is 7.59. The molecule has 2 rings (SSSR count). The molecule has 134 valence electrons. The van der Waals surface area contributed by atoms with Crippen molar-refractivity contribution in [2.24, 2.45) is 5.92 Å². The Morgan fingerprint density at radius 1 is 1.48 bits per heavy atom. The smallest absolute Gasteiger partial charge is 0.234 e. The maximum Gasteiger partial charge on any atom is 0.234 e. The third-order valence-electron chi connectivity index (χ3n) is 4.19. The van der Waals surface area contributed by atoms with Crippen molar-refractivity contribution in [3.63, 3.8) is 0 Å². The SMILES string of the molecule is Cc1occc1-c1nnc(SC(C)C(=O)NC(C)(C#N)C(C)C)n1N. The van der Waals surface area contributed by atoms with E-state index in [2.05, 4.69) is 21.6 Å². The Kier molecular flexibility index (Phi) is 5.42. The Morgan fingerprint density at radius 2 is 2.16 bits per heavy atom. The summed E-state index contributed by atoms with van der Waals surface area (Å²) in [6.07, 6.45) is 1.55. The van der Waals surface area contributed by atoms with Crippen LogP contribution in [0.25, 0.3) is 11.4 Å². The van der Waals surface area contributed by atoms with E-state index in [1.807, 2.05) is 20.8 Å². The largest absolute Gasteiger partial charge is 0.469 e. The van der Waals surface area contributed by atoms with Gasteiger partial charge in [-0.2, -0.15) is 5.26 Å². The van der Waals surface area contributed by atoms with Gasteiger partial charge in [0.15, 0.2) is 5.82 Å². The first kappa shape index (κ1) is 18.9. The van der Waals surface area contributed by atoms with E-state index >= 15 is 0 Å². The van der Waals surface area contributed by atoms with E-state index in [1.165, 1.54) is 16.4 Å². The van der Waals surface area contributed by atoms with E-state index in [0.717, 1.165) is 5.56 Å². The molecule has 8 nitrogen and oxygen atoms in total. The van der Waals surface area contributed by atoms with Gasteiger partial charge in [0.05, 0.1) is 23.1 Å². The van der Waals surface area contributed by atoms with Gasteiger partial charge < -0.3 is 15.6 Å². The van der Waals surface area contributed by atoms with Crippen LogP contribution in [0.2, 0.25) is 0 Å². The molecule has 2 heterocycles. The summed E-state index contributed by atoms with van der Waals surface area (Å²) in [7, 11) is 0. The van der Waals surface area contributed by atoms with Crippen molar-refractivity contribution in [3.8, 4) is 17.5 Å². The second-order valence-electron chi connectivity index (χ2n) is 6.28. The minimum absolute atomic E-state index is 0.0209. The molecule has 0 fully saturated rings. The maximum atomic E-state index is 12.4. The quantitative estimate of drug-likeness (QED) is 0.596. The molecule has 25 heavy (non-hydrogen) atoms. The minimum Gasteiger partial charge on any atom is -0.469 e. The fourth-order valence-electron chi connectivity index (χ4n) is 2.03. The molecule has 0 aliphatic rings. The zero-order valence-corrected chi connectivity index (χ0v) is 15.7. The molecule has 1 amide bonds. The van der Waals surface area contributed by atoms with E-state index in [0.29, 0.717) is 16.7 Å². The number of rotatable bonds is 6. The standard InChI is InChI=1S/C16H22N6O2S/c1-9(2)16(5,8-17)19-14(23)11(4)25-15-21-20-13(22(15)18)12-6-7-24-10(12)3/h6-7,9,11H,18H2,1-5H3,(H,19,23). The number of carbonyl (C=O) groups is 1. The normalized spacial score (nSPS) is 14.8. The van der Waals surface area contributed by atoms with E-state index in [1.54, 1.807) is 26.2 Å². The van der Waals surface area contributed by atoms with Gasteiger partial charge >= 0.3 is 0 Å². The lowest BCUT2D eigenvalue weighted by molar-refractivity contribution is -0.121. The number of nitrogens with zero attached hydrogens (tertiary/aromatic N) is 4. The van der Waals surface area contributed by atoms with Gasteiger partial charge in [-0.05, 0) is 32.8 Å². The van der Waals surface area contributed by atoms with Gasteiger partial charge in [-0.15, -0.1) is 10.2 Å². The van der Waals surface area contributed by atoms with Crippen LogP contribution in [-0.2, 0) is 4.79 Å². The molecule has 2 aromatic rings. The molecule has 0 aliphatic heterocycles. The van der Waals surface area contributed by atoms with Crippen LogP contribution in [-0.4, -0.2) is 31.6 Å². The van der Waals surface area contributed by atoms with Crippen LogP contribution in [0, 0.1) is 24.2 Å². The summed E-state index contributed by atoms with van der Waals surface area (Å²) in [6.45, 7) is 9.02. The van der Waals surface area contributed by atoms with E-state index in [9.17, 15) is 10.1 Å². The first-order valence-electron chi connectivity index (χ1n) is 7.84. The average molecular weight is 362 g/mol. The summed E-state index contributed by atoms with van der Waals surface area (Å²) in [5.74, 6) is 6.93. The molecule has 2 aromatic heterocycles. The van der Waals surface area contributed by atoms with Gasteiger partial charge in [0.1, 0.15) is 11.3 Å². The van der Waals surface area contributed by atoms with Crippen molar-refractivity contribution in [1.29, 1.82) is 5.26 Å². The second kappa shape index (κ2) is 7.19. The van der Waals surface area contributed by atoms with Crippen LogP contribution in [0.15, 0.2) is 21.9 Å². The summed E-state index contributed by atoms with van der Waals surface area (Å²) >= 11 is 1.18. The number of aromatic nitrogens is 3. The Labute approximate surface area is 150 Å². The molecule has 0 aliphatic carbocycles. The molecule has 0 saturated carbocycles. The number of furan rings is 1. The highest BCUT2D eigenvalue weighted by atomic mass is 32.2. The molecule has 3 N–H and O–H groups in total. The number of hydrogen-bond donors (Lipinski definition) is 2. The Balaban J connectivity index is 2.13. The van der Waals surface area contributed by atoms with Crippen molar-refractivity contribution in [2.45, 2.75) is 50.6 Å². The third kappa shape index (κ3) is 3.79. The van der Waals surface area contributed by atoms with Crippen LogP contribution in [0.3, 0.4) is 0 Å². The monoisotopic (exact) mass is 362 g/mol. The van der Waals surface area contributed by atoms with Crippen molar-refractivity contribution in [3.05, 3.63) is 18.1 Å². The number of aryl methyl sites for hydroxylation is 1. The lowest BCUT2D eigenvalue weighted by Crippen LogP contribution is -2.51. The molecule has 2 unspecified atom stereocenters. The van der Waals surface area contributed by atoms with Gasteiger partial charge in [-0.3, -0.25) is 4.79 Å². The fraction of sp³-hybridized carbons (Fsp3) is 0.500. The molecule has 0 spiro atoms. The van der Waals surface area contributed by atoms with Crippen molar-refractivity contribution in [2.75, 3.05) is 5.84 Å². The molecule has 0 saturated heterocycles. The lowest BCUT2D eigenvalue weighted by Gasteiger charge is -2.28. The highest BCUT2D eigenvalue weighted by Crippen LogP contribution is 2.27. The van der Waals surface area contributed by atoms with Crippen LogP contribution in [0.5, 0.6) is 0 Å². The van der Waals surface area contributed by atoms with Crippen molar-refractivity contribution in [1.82, 2.24) is 20.2 Å². The van der Waals surface area contributed by atoms with Crippen LogP contribution >= 0.6 is 11.8 Å². The van der Waals surface area contributed by atoms with Gasteiger partial charge in [-0.1, -0.05) is 25.6 Å². The minimum atomic E-state index is -0.929. The summed E-state index contributed by atoms with van der Waals surface area (Å²) in [5.41, 5.74) is -0.183. The molecular formula is C16H22N6O2S. The van der Waals surface area contributed by atoms with E-state index in [-0.39, 0.29) is 11.8 Å². The predicted molar refractivity (Wildman–Crippen MR) is 94.9 cm³/mol. The zero-order valence-electron chi connectivity index (χ0n) is 14.9. The van der Waals surface area contributed by atoms with E-state index < -0.39 is 10.8 Å². The van der Waals surface area contributed by atoms with Gasteiger partial charge in [0, 0.05) is 0 Å². The number of thioether (sulfide) groups is 1. The maximum absolute atomic E-state index is 12.4. The van der Waals surface area contributed by atoms with Crippen LogP contribution < -0.4 is 11.2 Å². The average Bonchev–Trinajstić information content (AvgIpc) is 3.13. The highest BCUT2D eigenvalue weighted by molar-refractivity contribution is 8.00. The number of hydrogen-bond acceptors (Lipinski definition) is 7. The summed E-state index contributed by atoms with van der Waals surface area (Å²) in [4.78, 5) is 12.4. The number of nitrogens with one attached hydrogen (secondary N) is 1. The van der Waals surface area contributed by atoms with Crippen molar-refractivity contribution < 1.29 is 9.21 Å². The number of amides is 1. The third-order valence-corrected chi connectivity index (χ3v) is 5.24. The number of nitriles is 1. The molecule has 9 heteroatoms. The van der Waals surface area contributed by atoms with Crippen LogP contribution in [0.4, 0.5) is 0 Å². The van der Waals surface area contributed by atoms with Gasteiger partial charge in [0.2, 0.25) is 11.1 Å². The number of nitrogen functional groups attached to an aromatic ring is 1. The summed E-state index contributed by atoms with van der Waals surface area (Å²) in [5, 5.41) is 20.2. The molecular weight excluding hydrogens is 340 g/mol. The van der Waals surface area contributed by atoms with Gasteiger partial charge in [-0.25, -0.2) is 4.68 Å². The molecule has 0 bridgehead atoms. The Morgan fingerprint density at radius 3 is 2.68 bits per heavy atom. The number of nitrogens with two attached hydrogens (primary N) is 1. The van der Waals surface area contributed by atoms with Gasteiger partial charge in [0.25, 0.3) is 0 Å². The van der Waals surface area contributed by atoms with Crippen molar-refractivity contribution >= 4 is 17.7 Å². The molecule has 0 aromatic carbocycles.